The fourth-order valence-corrected chi connectivity index (χ4v) is 4.35. The van der Waals surface area contributed by atoms with Gasteiger partial charge in [0, 0.05) is 44.1 Å². The molecule has 2 heterocycles. The molecular weight excluding hydrogens is 467 g/mol. The first-order valence-corrected chi connectivity index (χ1v) is 12.0. The van der Waals surface area contributed by atoms with Crippen LogP contribution in [0.5, 0.6) is 0 Å². The Morgan fingerprint density at radius 2 is 1.78 bits per heavy atom. The van der Waals surface area contributed by atoms with Gasteiger partial charge in [-0.1, -0.05) is 0 Å². The monoisotopic (exact) mass is 496 g/mol. The smallest absolute Gasteiger partial charge is 0.414 e. The molecule has 0 radical (unpaired) electrons. The molecule has 10 heteroatoms. The van der Waals surface area contributed by atoms with Gasteiger partial charge in [0.05, 0.1) is 24.5 Å². The van der Waals surface area contributed by atoms with Crippen molar-refractivity contribution in [1.82, 2.24) is 5.32 Å². The maximum atomic E-state index is 14.7. The third-order valence-corrected chi connectivity index (χ3v) is 6.20. The summed E-state index contributed by atoms with van der Waals surface area (Å²) in [6.07, 6.45) is 0.896. The number of ketones is 1. The minimum atomic E-state index is -0.597. The molecule has 2 aromatic carbocycles. The molecule has 2 N–H and O–H groups in total. The van der Waals surface area contributed by atoms with Crippen LogP contribution in [-0.4, -0.2) is 56.0 Å². The molecule has 36 heavy (non-hydrogen) atoms. The number of anilines is 3. The Bertz CT molecular complexity index is 1150. The number of Topliss-reactive ketones (excluding diaryl/α,β-unsaturated/α-hetero) is 1. The summed E-state index contributed by atoms with van der Waals surface area (Å²) in [5, 5.41) is 5.31. The molecule has 0 aliphatic carbocycles. The van der Waals surface area contributed by atoms with Crippen LogP contribution in [0, 0.1) is 5.82 Å². The lowest BCUT2D eigenvalue weighted by atomic mass is 10.1. The number of carbonyl (C=O) groups is 4. The van der Waals surface area contributed by atoms with E-state index in [-0.39, 0.29) is 49.3 Å². The Labute approximate surface area is 208 Å². The molecule has 0 aromatic heterocycles. The first kappa shape index (κ1) is 25.2. The molecule has 9 nitrogen and oxygen atoms in total. The number of cyclic esters (lactones) is 1. The molecule has 2 aromatic rings. The van der Waals surface area contributed by atoms with Crippen LogP contribution >= 0.6 is 0 Å². The van der Waals surface area contributed by atoms with E-state index in [9.17, 15) is 23.6 Å². The fourth-order valence-electron chi connectivity index (χ4n) is 4.35. The molecule has 4 rings (SSSR count). The van der Waals surface area contributed by atoms with Crippen LogP contribution in [0.4, 0.5) is 26.2 Å². The van der Waals surface area contributed by atoms with Crippen LogP contribution < -0.4 is 20.4 Å². The molecule has 2 fully saturated rings. The molecule has 2 aliphatic heterocycles. The summed E-state index contributed by atoms with van der Waals surface area (Å²) in [6.45, 7) is 3.31. The summed E-state index contributed by atoms with van der Waals surface area (Å²) in [4.78, 5) is 51.3. The molecule has 0 bridgehead atoms. The molecule has 0 saturated carbocycles. The topological polar surface area (TPSA) is 108 Å². The number of halogens is 1. The van der Waals surface area contributed by atoms with Gasteiger partial charge in [0.2, 0.25) is 11.8 Å². The second kappa shape index (κ2) is 11.2. The van der Waals surface area contributed by atoms with Crippen molar-refractivity contribution in [2.45, 2.75) is 38.7 Å². The highest BCUT2D eigenvalue weighted by molar-refractivity contribution is 5.98. The zero-order chi connectivity index (χ0) is 25.7. The summed E-state index contributed by atoms with van der Waals surface area (Å²) in [7, 11) is 0. The number of hydrogen-bond donors (Lipinski definition) is 2. The third kappa shape index (κ3) is 6.18. The second-order valence-corrected chi connectivity index (χ2v) is 8.93. The van der Waals surface area contributed by atoms with Crippen LogP contribution in [0.3, 0.4) is 0 Å². The first-order chi connectivity index (χ1) is 17.3. The van der Waals surface area contributed by atoms with Gasteiger partial charge in [-0.3, -0.25) is 19.3 Å². The van der Waals surface area contributed by atoms with E-state index in [0.717, 1.165) is 25.9 Å². The van der Waals surface area contributed by atoms with Crippen molar-refractivity contribution in [2.75, 3.05) is 41.3 Å². The number of amides is 3. The first-order valence-electron chi connectivity index (χ1n) is 12.0. The highest BCUT2D eigenvalue weighted by Crippen LogP contribution is 2.29. The van der Waals surface area contributed by atoms with Crippen molar-refractivity contribution in [3.8, 4) is 0 Å². The quantitative estimate of drug-likeness (QED) is 0.515. The predicted molar refractivity (Wildman–Crippen MR) is 133 cm³/mol. The Morgan fingerprint density at radius 3 is 2.44 bits per heavy atom. The highest BCUT2D eigenvalue weighted by Gasteiger charge is 2.33. The molecule has 190 valence electrons. The SMILES string of the molecule is CC(=O)Nc1ccc(C(=O)CCC(=O)NCC2CN(c3ccc(N4CCCC4)c(F)c3)C(=O)O2)cc1. The normalized spacial score (nSPS) is 17.2. The summed E-state index contributed by atoms with van der Waals surface area (Å²) in [5.74, 6) is -1.12. The molecule has 2 aliphatic rings. The van der Waals surface area contributed by atoms with E-state index >= 15 is 0 Å². The van der Waals surface area contributed by atoms with Gasteiger partial charge in [-0.2, -0.15) is 0 Å². The van der Waals surface area contributed by atoms with E-state index in [0.29, 0.717) is 22.6 Å². The number of benzene rings is 2. The molecule has 1 unspecified atom stereocenters. The third-order valence-electron chi connectivity index (χ3n) is 6.20. The minimum Gasteiger partial charge on any atom is -0.442 e. The highest BCUT2D eigenvalue weighted by atomic mass is 19.1. The van der Waals surface area contributed by atoms with Gasteiger partial charge in [0.15, 0.2) is 5.78 Å². The van der Waals surface area contributed by atoms with Crippen molar-refractivity contribution < 1.29 is 28.3 Å². The summed E-state index contributed by atoms with van der Waals surface area (Å²) in [6, 6.07) is 11.2. The fraction of sp³-hybridized carbons (Fsp3) is 0.385. The van der Waals surface area contributed by atoms with E-state index < -0.39 is 12.2 Å². The van der Waals surface area contributed by atoms with Crippen molar-refractivity contribution in [3.05, 3.63) is 53.8 Å². The van der Waals surface area contributed by atoms with E-state index in [1.807, 2.05) is 4.90 Å². The van der Waals surface area contributed by atoms with Crippen LogP contribution in [0.2, 0.25) is 0 Å². The van der Waals surface area contributed by atoms with Gasteiger partial charge in [-0.15, -0.1) is 0 Å². The molecular formula is C26H29FN4O5. The molecule has 1 atom stereocenters. The maximum absolute atomic E-state index is 14.7. The van der Waals surface area contributed by atoms with Crippen LogP contribution in [0.15, 0.2) is 42.5 Å². The number of nitrogens with zero attached hydrogens (tertiary/aromatic N) is 2. The average Bonchev–Trinajstić information content (AvgIpc) is 3.51. The van der Waals surface area contributed by atoms with Gasteiger partial charge in [0.25, 0.3) is 0 Å². The van der Waals surface area contributed by atoms with E-state index in [2.05, 4.69) is 10.6 Å². The summed E-state index contributed by atoms with van der Waals surface area (Å²) >= 11 is 0. The standard InChI is InChI=1S/C26H29FN4O5/c1-17(32)29-19-6-4-18(5-7-19)24(33)10-11-25(34)28-15-21-16-31(26(35)36-21)20-8-9-23(22(27)14-20)30-12-2-3-13-30/h4-9,14,21H,2-3,10-13,15-16H2,1H3,(H,28,34)(H,29,32). The zero-order valence-corrected chi connectivity index (χ0v) is 20.1. The van der Waals surface area contributed by atoms with E-state index in [1.54, 1.807) is 36.4 Å². The van der Waals surface area contributed by atoms with Crippen molar-refractivity contribution in [2.24, 2.45) is 0 Å². The van der Waals surface area contributed by atoms with Gasteiger partial charge in [-0.05, 0) is 55.3 Å². The Kier molecular flexibility index (Phi) is 7.82. The largest absolute Gasteiger partial charge is 0.442 e. The van der Waals surface area contributed by atoms with Gasteiger partial charge in [-0.25, -0.2) is 9.18 Å². The number of carbonyl (C=O) groups excluding carboxylic acids is 4. The van der Waals surface area contributed by atoms with E-state index in [1.165, 1.54) is 17.9 Å². The van der Waals surface area contributed by atoms with E-state index in [4.69, 9.17) is 4.74 Å². The number of ether oxygens (including phenoxy) is 1. The lowest BCUT2D eigenvalue weighted by Crippen LogP contribution is -2.34. The Morgan fingerprint density at radius 1 is 1.06 bits per heavy atom. The second-order valence-electron chi connectivity index (χ2n) is 8.93. The molecule has 2 saturated heterocycles. The summed E-state index contributed by atoms with van der Waals surface area (Å²) < 4.78 is 20.0. The number of rotatable bonds is 9. The molecule has 0 spiro atoms. The van der Waals surface area contributed by atoms with Gasteiger partial charge >= 0.3 is 6.09 Å². The lowest BCUT2D eigenvalue weighted by molar-refractivity contribution is -0.121. The Hall–Kier alpha value is -3.95. The maximum Gasteiger partial charge on any atom is 0.414 e. The number of hydrogen-bond acceptors (Lipinski definition) is 6. The van der Waals surface area contributed by atoms with Crippen LogP contribution in [0.1, 0.15) is 43.0 Å². The lowest BCUT2D eigenvalue weighted by Gasteiger charge is -2.20. The van der Waals surface area contributed by atoms with Crippen molar-refractivity contribution >= 4 is 40.8 Å². The van der Waals surface area contributed by atoms with Crippen molar-refractivity contribution in [3.63, 3.8) is 0 Å². The predicted octanol–water partition coefficient (Wildman–Crippen LogP) is 3.49. The average molecular weight is 497 g/mol. The number of nitrogens with one attached hydrogen (secondary N) is 2. The van der Waals surface area contributed by atoms with Crippen LogP contribution in [-0.2, 0) is 14.3 Å². The van der Waals surface area contributed by atoms with Gasteiger partial charge in [0.1, 0.15) is 11.9 Å². The van der Waals surface area contributed by atoms with Crippen LogP contribution in [0.25, 0.3) is 0 Å². The molecule has 3 amide bonds. The van der Waals surface area contributed by atoms with Crippen molar-refractivity contribution in [1.29, 1.82) is 0 Å². The Balaban J connectivity index is 1.23. The minimum absolute atomic E-state index is 0.0141. The van der Waals surface area contributed by atoms with Gasteiger partial charge < -0.3 is 20.3 Å². The zero-order valence-electron chi connectivity index (χ0n) is 20.1. The summed E-state index contributed by atoms with van der Waals surface area (Å²) in [5.41, 5.74) is 1.97.